The average Bonchev–Trinajstić information content (AvgIpc) is 3.63. The zero-order chi connectivity index (χ0) is 27.4. The second-order valence-corrected chi connectivity index (χ2v) is 9.15. The molecular weight excluding hydrogens is 503 g/mol. The first-order chi connectivity index (χ1) is 19.0. The van der Waals surface area contributed by atoms with Crippen LogP contribution < -0.4 is 15.0 Å². The molecule has 39 heavy (non-hydrogen) atoms. The lowest BCUT2D eigenvalue weighted by Gasteiger charge is -2.30. The number of aromatic amines is 1. The first-order valence-corrected chi connectivity index (χ1v) is 12.5. The summed E-state index contributed by atoms with van der Waals surface area (Å²) in [6, 6.07) is 15.2. The van der Waals surface area contributed by atoms with Crippen LogP contribution in [0.1, 0.15) is 42.1 Å². The van der Waals surface area contributed by atoms with Crippen LogP contribution in [-0.4, -0.2) is 44.3 Å². The van der Waals surface area contributed by atoms with Gasteiger partial charge in [0, 0.05) is 30.1 Å². The molecule has 11 heteroatoms. The number of methoxy groups -OCH3 is 2. The summed E-state index contributed by atoms with van der Waals surface area (Å²) in [6.07, 6.45) is 2.27. The zero-order valence-electron chi connectivity index (χ0n) is 21.9. The quantitative estimate of drug-likeness (QED) is 0.265. The lowest BCUT2D eigenvalue weighted by Crippen LogP contribution is -2.32. The lowest BCUT2D eigenvalue weighted by atomic mass is 10.1. The summed E-state index contributed by atoms with van der Waals surface area (Å²) >= 11 is 0. The maximum atomic E-state index is 13.7. The lowest BCUT2D eigenvalue weighted by molar-refractivity contribution is 0.161. The van der Waals surface area contributed by atoms with Crippen LogP contribution in [0.2, 0.25) is 0 Å². The van der Waals surface area contributed by atoms with Crippen molar-refractivity contribution in [3.63, 3.8) is 0 Å². The van der Waals surface area contributed by atoms with Gasteiger partial charge in [-0.05, 0) is 58.8 Å². The van der Waals surface area contributed by atoms with E-state index in [4.69, 9.17) is 13.9 Å². The van der Waals surface area contributed by atoms with Gasteiger partial charge in [0.05, 0.1) is 32.0 Å². The Kier molecular flexibility index (Phi) is 7.69. The van der Waals surface area contributed by atoms with E-state index >= 15 is 0 Å². The fourth-order valence-electron chi connectivity index (χ4n) is 4.73. The van der Waals surface area contributed by atoms with E-state index in [1.165, 1.54) is 12.1 Å². The summed E-state index contributed by atoms with van der Waals surface area (Å²) < 4.78 is 31.7. The van der Waals surface area contributed by atoms with Crippen LogP contribution in [0.4, 0.5) is 4.39 Å². The molecule has 0 saturated heterocycles. The number of halogens is 1. The number of tetrazole rings is 1. The molecule has 0 aliphatic rings. The number of ether oxygens (including phenoxy) is 2. The Morgan fingerprint density at radius 1 is 1.08 bits per heavy atom. The van der Waals surface area contributed by atoms with Gasteiger partial charge in [0.2, 0.25) is 0 Å². The largest absolute Gasteiger partial charge is 0.493 e. The number of pyridine rings is 1. The number of hydrogen-bond donors (Lipinski definition) is 1. The molecule has 0 aliphatic carbocycles. The van der Waals surface area contributed by atoms with Crippen molar-refractivity contribution in [2.45, 2.75) is 39.0 Å². The summed E-state index contributed by atoms with van der Waals surface area (Å²) in [5, 5.41) is 13.3. The van der Waals surface area contributed by atoms with E-state index in [1.807, 2.05) is 31.2 Å². The molecule has 2 aromatic carbocycles. The summed E-state index contributed by atoms with van der Waals surface area (Å²) in [4.78, 5) is 18.3. The van der Waals surface area contributed by atoms with Crippen LogP contribution in [0, 0.1) is 5.82 Å². The fourth-order valence-corrected chi connectivity index (χ4v) is 4.73. The number of rotatable bonds is 11. The minimum atomic E-state index is -0.310. The molecule has 0 spiro atoms. The van der Waals surface area contributed by atoms with E-state index in [2.05, 4.69) is 25.4 Å². The van der Waals surface area contributed by atoms with E-state index in [0.29, 0.717) is 54.5 Å². The summed E-state index contributed by atoms with van der Waals surface area (Å²) in [5.41, 5.74) is 1.87. The van der Waals surface area contributed by atoms with Gasteiger partial charge in [0.25, 0.3) is 5.56 Å². The summed E-state index contributed by atoms with van der Waals surface area (Å²) in [5.74, 6) is 2.14. The van der Waals surface area contributed by atoms with Gasteiger partial charge in [-0.3, -0.25) is 9.69 Å². The monoisotopic (exact) mass is 532 g/mol. The zero-order valence-corrected chi connectivity index (χ0v) is 21.9. The number of nitrogens with one attached hydrogen (secondary N) is 1. The Balaban J connectivity index is 1.53. The number of aromatic nitrogens is 5. The van der Waals surface area contributed by atoms with Crippen molar-refractivity contribution < 1.29 is 18.3 Å². The van der Waals surface area contributed by atoms with Gasteiger partial charge in [0.1, 0.15) is 18.1 Å². The van der Waals surface area contributed by atoms with Crippen molar-refractivity contribution in [1.82, 2.24) is 30.1 Å². The van der Waals surface area contributed by atoms with Crippen LogP contribution >= 0.6 is 0 Å². The first-order valence-electron chi connectivity index (χ1n) is 12.5. The van der Waals surface area contributed by atoms with Gasteiger partial charge in [-0.25, -0.2) is 9.07 Å². The molecule has 3 heterocycles. The molecule has 0 aliphatic heterocycles. The SMILES string of the molecule is CC[C@@H](c1nnnn1Cc1ccco1)N(Cc1ccc(F)cc1)Cc1cc2cc(OC)c(OC)cc2[nH]c1=O. The Bertz CT molecular complexity index is 1600. The van der Waals surface area contributed by atoms with E-state index in [0.717, 1.165) is 16.7 Å². The number of nitrogens with zero attached hydrogens (tertiary/aromatic N) is 5. The molecule has 1 N–H and O–H groups in total. The van der Waals surface area contributed by atoms with Gasteiger partial charge < -0.3 is 18.9 Å². The van der Waals surface area contributed by atoms with E-state index in [1.54, 1.807) is 43.4 Å². The third kappa shape index (κ3) is 5.68. The predicted molar refractivity (Wildman–Crippen MR) is 142 cm³/mol. The van der Waals surface area contributed by atoms with Crippen molar-refractivity contribution in [2.24, 2.45) is 0 Å². The average molecular weight is 533 g/mol. The van der Waals surface area contributed by atoms with Gasteiger partial charge in [-0.2, -0.15) is 0 Å². The highest BCUT2D eigenvalue weighted by Gasteiger charge is 2.26. The number of fused-ring (bicyclic) bond motifs is 1. The molecule has 0 unspecified atom stereocenters. The number of hydrogen-bond acceptors (Lipinski definition) is 8. The predicted octanol–water partition coefficient (Wildman–Crippen LogP) is 4.47. The minimum Gasteiger partial charge on any atom is -0.493 e. The highest BCUT2D eigenvalue weighted by atomic mass is 19.1. The Morgan fingerprint density at radius 3 is 2.54 bits per heavy atom. The summed E-state index contributed by atoms with van der Waals surface area (Å²) in [7, 11) is 3.12. The van der Waals surface area contributed by atoms with Crippen molar-refractivity contribution in [1.29, 1.82) is 0 Å². The van der Waals surface area contributed by atoms with Crippen molar-refractivity contribution >= 4 is 10.9 Å². The van der Waals surface area contributed by atoms with Gasteiger partial charge >= 0.3 is 0 Å². The Labute approximate surface area is 224 Å². The van der Waals surface area contributed by atoms with Crippen LogP contribution in [0.5, 0.6) is 11.5 Å². The standard InChI is InChI=1S/C28H29FN6O4/c1-4-24(27-31-32-33-35(27)17-22-6-5-11-39-22)34(15-18-7-9-21(29)10-8-18)16-20-12-19-13-25(37-2)26(38-3)14-23(19)30-28(20)36/h5-14,24H,4,15-17H2,1-3H3,(H,30,36)/t24-/m0/s1. The first kappa shape index (κ1) is 26.1. The molecule has 0 radical (unpaired) electrons. The fraction of sp³-hybridized carbons (Fsp3) is 0.286. The molecule has 5 rings (SSSR count). The smallest absolute Gasteiger partial charge is 0.252 e. The molecule has 0 saturated carbocycles. The van der Waals surface area contributed by atoms with Crippen molar-refractivity contribution in [3.8, 4) is 11.5 Å². The summed E-state index contributed by atoms with van der Waals surface area (Å²) in [6.45, 7) is 3.14. The van der Waals surface area contributed by atoms with Crippen LogP contribution in [0.15, 0.2) is 70.1 Å². The van der Waals surface area contributed by atoms with Crippen LogP contribution in [0.3, 0.4) is 0 Å². The molecule has 3 aromatic heterocycles. The Morgan fingerprint density at radius 2 is 1.85 bits per heavy atom. The molecule has 10 nitrogen and oxygen atoms in total. The molecule has 202 valence electrons. The topological polar surface area (TPSA) is 111 Å². The number of benzene rings is 2. The third-order valence-corrected chi connectivity index (χ3v) is 6.67. The van der Waals surface area contributed by atoms with E-state index in [-0.39, 0.29) is 17.4 Å². The van der Waals surface area contributed by atoms with Gasteiger partial charge in [-0.1, -0.05) is 19.1 Å². The van der Waals surface area contributed by atoms with E-state index in [9.17, 15) is 9.18 Å². The normalized spacial score (nSPS) is 12.2. The van der Waals surface area contributed by atoms with Gasteiger partial charge in [-0.15, -0.1) is 5.10 Å². The minimum absolute atomic E-state index is 0.219. The van der Waals surface area contributed by atoms with Crippen molar-refractivity contribution in [3.05, 3.63) is 99.7 Å². The highest BCUT2D eigenvalue weighted by Crippen LogP contribution is 2.32. The maximum Gasteiger partial charge on any atom is 0.252 e. The maximum absolute atomic E-state index is 13.7. The second kappa shape index (κ2) is 11.5. The molecular formula is C28H29FN6O4. The Hall–Kier alpha value is -4.51. The number of furan rings is 1. The van der Waals surface area contributed by atoms with Crippen LogP contribution in [-0.2, 0) is 19.6 Å². The van der Waals surface area contributed by atoms with Crippen LogP contribution in [0.25, 0.3) is 10.9 Å². The van der Waals surface area contributed by atoms with E-state index < -0.39 is 0 Å². The molecule has 5 aromatic rings. The molecule has 1 atom stereocenters. The highest BCUT2D eigenvalue weighted by molar-refractivity contribution is 5.83. The molecule has 0 fully saturated rings. The second-order valence-electron chi connectivity index (χ2n) is 9.15. The van der Waals surface area contributed by atoms with Crippen molar-refractivity contribution in [2.75, 3.05) is 14.2 Å². The molecule has 0 bridgehead atoms. The molecule has 0 amide bonds. The number of H-pyrrole nitrogens is 1. The van der Waals surface area contributed by atoms with Gasteiger partial charge in [0.15, 0.2) is 17.3 Å². The third-order valence-electron chi connectivity index (χ3n) is 6.67.